The zero-order valence-electron chi connectivity index (χ0n) is 9.21. The van der Waals surface area contributed by atoms with Gasteiger partial charge in [0.1, 0.15) is 19.2 Å². The van der Waals surface area contributed by atoms with Crippen LogP contribution in [0, 0.1) is 0 Å². The molecule has 0 atom stereocenters. The fourth-order valence-electron chi connectivity index (χ4n) is 1.32. The van der Waals surface area contributed by atoms with E-state index in [0.29, 0.717) is 22.9 Å². The molecule has 0 aliphatic rings. The van der Waals surface area contributed by atoms with Crippen LogP contribution in [-0.4, -0.2) is 28.6 Å². The summed E-state index contributed by atoms with van der Waals surface area (Å²) in [5, 5.41) is 7.43. The van der Waals surface area contributed by atoms with Crippen molar-refractivity contribution in [1.82, 2.24) is 15.2 Å². The molecule has 0 amide bonds. The lowest BCUT2D eigenvalue weighted by Gasteiger charge is -2.09. The van der Waals surface area contributed by atoms with Crippen molar-refractivity contribution in [2.24, 2.45) is 0 Å². The van der Waals surface area contributed by atoms with Gasteiger partial charge < -0.3 is 14.5 Å². The normalized spacial score (nSPS) is 9.94. The number of aromatic amines is 1. The molecule has 0 bridgehead atoms. The molecule has 2 aromatic rings. The largest absolute Gasteiger partial charge is 0.493 e. The number of nitrogens with zero attached hydrogens (tertiary/aromatic N) is 2. The first-order valence-corrected chi connectivity index (χ1v) is 4.94. The van der Waals surface area contributed by atoms with Gasteiger partial charge in [0.05, 0.1) is 7.11 Å². The van der Waals surface area contributed by atoms with Gasteiger partial charge in [-0.1, -0.05) is 0 Å². The van der Waals surface area contributed by atoms with Crippen LogP contribution in [0.3, 0.4) is 0 Å². The number of rotatable bonds is 5. The number of hydrogen-bond donors (Lipinski definition) is 1. The van der Waals surface area contributed by atoms with Crippen molar-refractivity contribution in [1.29, 1.82) is 0 Å². The van der Waals surface area contributed by atoms with Crippen LogP contribution in [0.4, 0.5) is 0 Å². The standard InChI is InChI=1S/C11H11N3O3/c1-16-10-4-8(5-15)2-3-9(10)17-6-11-12-7-13-14-11/h2-5,7H,6H2,1H3,(H,12,13,14). The lowest BCUT2D eigenvalue weighted by Crippen LogP contribution is -2.00. The van der Waals surface area contributed by atoms with E-state index in [4.69, 9.17) is 9.47 Å². The number of aromatic nitrogens is 3. The first kappa shape index (κ1) is 11.1. The van der Waals surface area contributed by atoms with Crippen molar-refractivity contribution in [3.05, 3.63) is 35.9 Å². The predicted octanol–water partition coefficient (Wildman–Crippen LogP) is 1.20. The number of hydrogen-bond acceptors (Lipinski definition) is 5. The minimum atomic E-state index is 0.261. The second-order valence-electron chi connectivity index (χ2n) is 3.25. The van der Waals surface area contributed by atoms with E-state index in [2.05, 4.69) is 15.2 Å². The Morgan fingerprint density at radius 1 is 1.41 bits per heavy atom. The summed E-state index contributed by atoms with van der Waals surface area (Å²) in [7, 11) is 1.52. The van der Waals surface area contributed by atoms with Crippen LogP contribution in [0.15, 0.2) is 24.5 Å². The van der Waals surface area contributed by atoms with Gasteiger partial charge in [-0.3, -0.25) is 4.79 Å². The van der Waals surface area contributed by atoms with E-state index in [0.717, 1.165) is 6.29 Å². The third-order valence-electron chi connectivity index (χ3n) is 2.16. The molecule has 0 saturated carbocycles. The van der Waals surface area contributed by atoms with Crippen molar-refractivity contribution in [3.8, 4) is 11.5 Å². The van der Waals surface area contributed by atoms with Gasteiger partial charge in [-0.25, -0.2) is 0 Å². The highest BCUT2D eigenvalue weighted by atomic mass is 16.5. The molecule has 88 valence electrons. The number of ether oxygens (including phenoxy) is 2. The van der Waals surface area contributed by atoms with E-state index in [1.54, 1.807) is 18.2 Å². The number of methoxy groups -OCH3 is 1. The molecule has 2 rings (SSSR count). The Morgan fingerprint density at radius 2 is 2.29 bits per heavy atom. The molecule has 6 heteroatoms. The predicted molar refractivity (Wildman–Crippen MR) is 59.1 cm³/mol. The Kier molecular flexibility index (Phi) is 3.34. The summed E-state index contributed by atoms with van der Waals surface area (Å²) in [6.07, 6.45) is 2.23. The van der Waals surface area contributed by atoms with E-state index in [1.807, 2.05) is 0 Å². The quantitative estimate of drug-likeness (QED) is 0.785. The van der Waals surface area contributed by atoms with Gasteiger partial charge in [0.25, 0.3) is 0 Å². The summed E-state index contributed by atoms with van der Waals surface area (Å²) < 4.78 is 10.6. The summed E-state index contributed by atoms with van der Waals surface area (Å²) in [6, 6.07) is 4.95. The number of benzene rings is 1. The van der Waals surface area contributed by atoms with Crippen LogP contribution in [0.25, 0.3) is 0 Å². The molecule has 1 aromatic carbocycles. The van der Waals surface area contributed by atoms with Gasteiger partial charge in [0, 0.05) is 5.56 Å². The van der Waals surface area contributed by atoms with Gasteiger partial charge in [-0.2, -0.15) is 0 Å². The molecule has 6 nitrogen and oxygen atoms in total. The van der Waals surface area contributed by atoms with E-state index in [-0.39, 0.29) is 6.61 Å². The second kappa shape index (κ2) is 5.11. The van der Waals surface area contributed by atoms with Crippen LogP contribution in [0.1, 0.15) is 16.2 Å². The fraction of sp³-hybridized carbons (Fsp3) is 0.182. The maximum atomic E-state index is 10.6. The summed E-state index contributed by atoms with van der Waals surface area (Å²) in [5.41, 5.74) is 0.536. The second-order valence-corrected chi connectivity index (χ2v) is 3.25. The third-order valence-corrected chi connectivity index (χ3v) is 2.16. The monoisotopic (exact) mass is 233 g/mol. The first-order valence-electron chi connectivity index (χ1n) is 4.94. The van der Waals surface area contributed by atoms with Gasteiger partial charge in [0.2, 0.25) is 0 Å². The van der Waals surface area contributed by atoms with E-state index in [1.165, 1.54) is 13.4 Å². The Bertz CT molecular complexity index is 497. The molecule has 0 saturated heterocycles. The SMILES string of the molecule is COc1cc(C=O)ccc1OCc1nnc[nH]1. The minimum Gasteiger partial charge on any atom is -0.493 e. The lowest BCUT2D eigenvalue weighted by molar-refractivity contribution is 0.112. The van der Waals surface area contributed by atoms with Crippen molar-refractivity contribution in [2.75, 3.05) is 7.11 Å². The zero-order valence-corrected chi connectivity index (χ0v) is 9.21. The van der Waals surface area contributed by atoms with Crippen LogP contribution in [-0.2, 0) is 6.61 Å². The molecule has 1 heterocycles. The van der Waals surface area contributed by atoms with Gasteiger partial charge in [-0.15, -0.1) is 10.2 Å². The summed E-state index contributed by atoms with van der Waals surface area (Å²) >= 11 is 0. The van der Waals surface area contributed by atoms with Crippen LogP contribution >= 0.6 is 0 Å². The Morgan fingerprint density at radius 3 is 2.94 bits per heavy atom. The molecule has 0 spiro atoms. The van der Waals surface area contributed by atoms with Crippen molar-refractivity contribution in [3.63, 3.8) is 0 Å². The average Bonchev–Trinajstić information content (AvgIpc) is 2.89. The van der Waals surface area contributed by atoms with E-state index in [9.17, 15) is 4.79 Å². The number of H-pyrrole nitrogens is 1. The van der Waals surface area contributed by atoms with Crippen LogP contribution < -0.4 is 9.47 Å². The number of carbonyl (C=O) groups is 1. The summed E-state index contributed by atoms with van der Waals surface area (Å²) in [5.74, 6) is 1.68. The van der Waals surface area contributed by atoms with Gasteiger partial charge >= 0.3 is 0 Å². The molecule has 0 fully saturated rings. The molecule has 0 aliphatic carbocycles. The molecule has 0 aliphatic heterocycles. The Balaban J connectivity index is 2.12. The van der Waals surface area contributed by atoms with E-state index < -0.39 is 0 Å². The van der Waals surface area contributed by atoms with Crippen molar-refractivity contribution >= 4 is 6.29 Å². The van der Waals surface area contributed by atoms with E-state index >= 15 is 0 Å². The van der Waals surface area contributed by atoms with Crippen LogP contribution in [0.5, 0.6) is 11.5 Å². The average molecular weight is 233 g/mol. The minimum absolute atomic E-state index is 0.261. The summed E-state index contributed by atoms with van der Waals surface area (Å²) in [6.45, 7) is 0.261. The maximum absolute atomic E-state index is 10.6. The molecule has 0 radical (unpaired) electrons. The number of carbonyl (C=O) groups excluding carboxylic acids is 1. The fourth-order valence-corrected chi connectivity index (χ4v) is 1.32. The topological polar surface area (TPSA) is 77.1 Å². The number of aldehydes is 1. The molecular weight excluding hydrogens is 222 g/mol. The van der Waals surface area contributed by atoms with Crippen LogP contribution in [0.2, 0.25) is 0 Å². The maximum Gasteiger partial charge on any atom is 0.168 e. The molecule has 0 unspecified atom stereocenters. The molecule has 17 heavy (non-hydrogen) atoms. The third kappa shape index (κ3) is 2.60. The molecule has 1 N–H and O–H groups in total. The summed E-state index contributed by atoms with van der Waals surface area (Å²) in [4.78, 5) is 13.4. The Hall–Kier alpha value is -2.37. The van der Waals surface area contributed by atoms with Gasteiger partial charge in [-0.05, 0) is 18.2 Å². The first-order chi connectivity index (χ1) is 8.33. The smallest absolute Gasteiger partial charge is 0.168 e. The highest BCUT2D eigenvalue weighted by Gasteiger charge is 2.06. The molecule has 1 aromatic heterocycles. The Labute approximate surface area is 97.6 Å². The zero-order chi connectivity index (χ0) is 12.1. The van der Waals surface area contributed by atoms with Crippen molar-refractivity contribution < 1.29 is 14.3 Å². The highest BCUT2D eigenvalue weighted by molar-refractivity contribution is 5.76. The highest BCUT2D eigenvalue weighted by Crippen LogP contribution is 2.27. The van der Waals surface area contributed by atoms with Crippen molar-refractivity contribution in [2.45, 2.75) is 6.61 Å². The number of nitrogens with one attached hydrogen (secondary N) is 1. The van der Waals surface area contributed by atoms with Gasteiger partial charge in [0.15, 0.2) is 17.3 Å². The lowest BCUT2D eigenvalue weighted by atomic mass is 10.2. The molecular formula is C11H11N3O3.